The van der Waals surface area contributed by atoms with E-state index in [0.717, 1.165) is 22.1 Å². The Bertz CT molecular complexity index is 733. The Morgan fingerprint density at radius 2 is 1.95 bits per heavy atom. The number of nitrogens with zero attached hydrogens (tertiary/aromatic N) is 2. The van der Waals surface area contributed by atoms with Gasteiger partial charge in [0.05, 0.1) is 0 Å². The molecule has 3 rings (SSSR count). The van der Waals surface area contributed by atoms with E-state index in [2.05, 4.69) is 15.4 Å². The SMILES string of the molecule is Cc1cnc(C(NN)c2cc3cccc(C)c3o2)nc1. The van der Waals surface area contributed by atoms with E-state index in [9.17, 15) is 0 Å². The summed E-state index contributed by atoms with van der Waals surface area (Å²) in [5.41, 5.74) is 5.68. The highest BCUT2D eigenvalue weighted by atomic mass is 16.3. The number of para-hydroxylation sites is 1. The average Bonchev–Trinajstić information content (AvgIpc) is 2.87. The molecule has 102 valence electrons. The molecule has 0 fully saturated rings. The van der Waals surface area contributed by atoms with Gasteiger partial charge in [-0.05, 0) is 31.0 Å². The topological polar surface area (TPSA) is 77.0 Å². The van der Waals surface area contributed by atoms with Crippen molar-refractivity contribution in [3.05, 3.63) is 59.4 Å². The van der Waals surface area contributed by atoms with Gasteiger partial charge >= 0.3 is 0 Å². The van der Waals surface area contributed by atoms with E-state index in [-0.39, 0.29) is 6.04 Å². The monoisotopic (exact) mass is 268 g/mol. The lowest BCUT2D eigenvalue weighted by Gasteiger charge is -2.11. The number of hydrogen-bond acceptors (Lipinski definition) is 5. The molecule has 5 nitrogen and oxygen atoms in total. The van der Waals surface area contributed by atoms with Crippen LogP contribution >= 0.6 is 0 Å². The fraction of sp³-hybridized carbons (Fsp3) is 0.200. The first-order valence-corrected chi connectivity index (χ1v) is 6.43. The Balaban J connectivity index is 2.07. The van der Waals surface area contributed by atoms with Gasteiger partial charge in [-0.25, -0.2) is 15.4 Å². The second kappa shape index (κ2) is 5.03. The Kier molecular flexibility index (Phi) is 3.22. The van der Waals surface area contributed by atoms with Crippen LogP contribution in [0, 0.1) is 13.8 Å². The smallest absolute Gasteiger partial charge is 0.154 e. The summed E-state index contributed by atoms with van der Waals surface area (Å²) in [4.78, 5) is 8.61. The largest absolute Gasteiger partial charge is 0.459 e. The van der Waals surface area contributed by atoms with Crippen LogP contribution in [-0.2, 0) is 0 Å². The lowest BCUT2D eigenvalue weighted by Crippen LogP contribution is -2.30. The van der Waals surface area contributed by atoms with Gasteiger partial charge in [0.1, 0.15) is 17.4 Å². The predicted octanol–water partition coefficient (Wildman–Crippen LogP) is 2.39. The van der Waals surface area contributed by atoms with Crippen molar-refractivity contribution in [2.45, 2.75) is 19.9 Å². The van der Waals surface area contributed by atoms with Crippen molar-refractivity contribution in [2.24, 2.45) is 5.84 Å². The van der Waals surface area contributed by atoms with Crippen molar-refractivity contribution in [3.63, 3.8) is 0 Å². The summed E-state index contributed by atoms with van der Waals surface area (Å²) in [5, 5.41) is 1.05. The average molecular weight is 268 g/mol. The highest BCUT2D eigenvalue weighted by Gasteiger charge is 2.20. The molecule has 2 heterocycles. The van der Waals surface area contributed by atoms with Gasteiger partial charge in [0.15, 0.2) is 5.82 Å². The molecule has 0 amide bonds. The molecular weight excluding hydrogens is 252 g/mol. The van der Waals surface area contributed by atoms with Crippen LogP contribution < -0.4 is 11.3 Å². The van der Waals surface area contributed by atoms with Crippen LogP contribution in [0.2, 0.25) is 0 Å². The third-order valence-corrected chi connectivity index (χ3v) is 3.27. The molecule has 0 radical (unpaired) electrons. The molecule has 0 spiro atoms. The maximum atomic E-state index is 5.91. The molecule has 0 bridgehead atoms. The zero-order valence-electron chi connectivity index (χ0n) is 11.4. The van der Waals surface area contributed by atoms with Crippen LogP contribution in [0.1, 0.15) is 28.8 Å². The number of hydrogen-bond donors (Lipinski definition) is 2. The Hall–Kier alpha value is -2.24. The molecule has 20 heavy (non-hydrogen) atoms. The number of aromatic nitrogens is 2. The minimum Gasteiger partial charge on any atom is -0.459 e. The second-order valence-corrected chi connectivity index (χ2v) is 4.86. The first-order valence-electron chi connectivity index (χ1n) is 6.43. The van der Waals surface area contributed by atoms with Gasteiger partial charge in [-0.3, -0.25) is 5.84 Å². The summed E-state index contributed by atoms with van der Waals surface area (Å²) >= 11 is 0. The van der Waals surface area contributed by atoms with Gasteiger partial charge in [0, 0.05) is 17.8 Å². The number of nitrogens with two attached hydrogens (primary N) is 1. The zero-order chi connectivity index (χ0) is 14.1. The molecule has 0 aliphatic rings. The summed E-state index contributed by atoms with van der Waals surface area (Å²) in [5.74, 6) is 6.95. The van der Waals surface area contributed by atoms with Crippen molar-refractivity contribution < 1.29 is 4.42 Å². The highest BCUT2D eigenvalue weighted by molar-refractivity contribution is 5.81. The quantitative estimate of drug-likeness (QED) is 0.563. The molecule has 1 atom stereocenters. The first-order chi connectivity index (χ1) is 9.69. The molecule has 0 aliphatic heterocycles. The number of furan rings is 1. The molecule has 5 heteroatoms. The van der Waals surface area contributed by atoms with Crippen molar-refractivity contribution in [2.75, 3.05) is 0 Å². The third-order valence-electron chi connectivity index (χ3n) is 3.27. The molecule has 0 aliphatic carbocycles. The van der Waals surface area contributed by atoms with E-state index in [1.165, 1.54) is 0 Å². The minimum atomic E-state index is -0.359. The van der Waals surface area contributed by atoms with E-state index in [1.54, 1.807) is 12.4 Å². The first kappa shape index (κ1) is 12.8. The Morgan fingerprint density at radius 1 is 1.20 bits per heavy atom. The normalized spacial score (nSPS) is 12.8. The molecule has 3 N–H and O–H groups in total. The number of aryl methyl sites for hydroxylation is 2. The van der Waals surface area contributed by atoms with Gasteiger partial charge in [0.25, 0.3) is 0 Å². The second-order valence-electron chi connectivity index (χ2n) is 4.86. The number of nitrogens with one attached hydrogen (secondary N) is 1. The van der Waals surface area contributed by atoms with Gasteiger partial charge in [-0.2, -0.15) is 0 Å². The molecule has 3 aromatic rings. The van der Waals surface area contributed by atoms with Gasteiger partial charge in [-0.15, -0.1) is 0 Å². The number of rotatable bonds is 3. The van der Waals surface area contributed by atoms with Crippen molar-refractivity contribution in [1.29, 1.82) is 0 Å². The van der Waals surface area contributed by atoms with Crippen LogP contribution in [0.25, 0.3) is 11.0 Å². The van der Waals surface area contributed by atoms with E-state index < -0.39 is 0 Å². The van der Waals surface area contributed by atoms with E-state index >= 15 is 0 Å². The molecule has 2 aromatic heterocycles. The molecule has 0 saturated carbocycles. The summed E-state index contributed by atoms with van der Waals surface area (Å²) in [6.07, 6.45) is 3.53. The standard InChI is InChI=1S/C15H16N4O/c1-9-7-17-15(18-8-9)13(19-16)12-6-11-5-3-4-10(2)14(11)20-12/h3-8,13,19H,16H2,1-2H3. The van der Waals surface area contributed by atoms with Crippen LogP contribution in [-0.4, -0.2) is 9.97 Å². The van der Waals surface area contributed by atoms with Crippen molar-refractivity contribution >= 4 is 11.0 Å². The zero-order valence-corrected chi connectivity index (χ0v) is 11.4. The fourth-order valence-electron chi connectivity index (χ4n) is 2.21. The van der Waals surface area contributed by atoms with Gasteiger partial charge < -0.3 is 4.42 Å². The molecule has 1 unspecified atom stereocenters. The molecule has 0 saturated heterocycles. The van der Waals surface area contributed by atoms with Crippen molar-refractivity contribution in [3.8, 4) is 0 Å². The minimum absolute atomic E-state index is 0.359. The van der Waals surface area contributed by atoms with Crippen LogP contribution in [0.5, 0.6) is 0 Å². The van der Waals surface area contributed by atoms with Gasteiger partial charge in [0.2, 0.25) is 0 Å². The number of benzene rings is 1. The van der Waals surface area contributed by atoms with Crippen LogP contribution in [0.4, 0.5) is 0 Å². The maximum absolute atomic E-state index is 5.91. The molecule has 1 aromatic carbocycles. The van der Waals surface area contributed by atoms with Crippen LogP contribution in [0.3, 0.4) is 0 Å². The summed E-state index contributed by atoms with van der Waals surface area (Å²) in [7, 11) is 0. The highest BCUT2D eigenvalue weighted by Crippen LogP contribution is 2.28. The van der Waals surface area contributed by atoms with E-state index in [4.69, 9.17) is 10.3 Å². The number of hydrazine groups is 1. The predicted molar refractivity (Wildman–Crippen MR) is 76.9 cm³/mol. The fourth-order valence-corrected chi connectivity index (χ4v) is 2.21. The maximum Gasteiger partial charge on any atom is 0.154 e. The summed E-state index contributed by atoms with van der Waals surface area (Å²) < 4.78 is 5.91. The van der Waals surface area contributed by atoms with E-state index in [1.807, 2.05) is 38.1 Å². The van der Waals surface area contributed by atoms with Crippen molar-refractivity contribution in [1.82, 2.24) is 15.4 Å². The molecular formula is C15H16N4O. The Labute approximate surface area is 116 Å². The van der Waals surface area contributed by atoms with Crippen LogP contribution in [0.15, 0.2) is 41.1 Å². The van der Waals surface area contributed by atoms with E-state index in [0.29, 0.717) is 11.6 Å². The van der Waals surface area contributed by atoms with Gasteiger partial charge in [-0.1, -0.05) is 18.2 Å². The summed E-state index contributed by atoms with van der Waals surface area (Å²) in [6.45, 7) is 3.96. The third kappa shape index (κ3) is 2.17. The summed E-state index contributed by atoms with van der Waals surface area (Å²) in [6, 6.07) is 7.64. The lowest BCUT2D eigenvalue weighted by molar-refractivity contribution is 0.463. The Morgan fingerprint density at radius 3 is 2.60 bits per heavy atom. The lowest BCUT2D eigenvalue weighted by atomic mass is 10.1. The number of fused-ring (bicyclic) bond motifs is 1.